The molecule has 0 saturated heterocycles. The van der Waals surface area contributed by atoms with E-state index in [4.69, 9.17) is 22.1 Å². The summed E-state index contributed by atoms with van der Waals surface area (Å²) in [6.07, 6.45) is 0. The lowest BCUT2D eigenvalue weighted by Gasteiger charge is -2.05. The Labute approximate surface area is 121 Å². The first-order valence-corrected chi connectivity index (χ1v) is 6.65. The molecule has 0 atom stereocenters. The second-order valence-electron chi connectivity index (χ2n) is 4.00. The minimum atomic E-state index is -0.441. The Bertz CT molecular complexity index is 671. The number of nitrogens with two attached hydrogens (primary N) is 1. The summed E-state index contributed by atoms with van der Waals surface area (Å²) in [7, 11) is 0. The number of halogens is 1. The van der Waals surface area contributed by atoms with E-state index in [2.05, 4.69) is 9.98 Å². The molecule has 2 rings (SSSR count). The predicted octanol–water partition coefficient (Wildman–Crippen LogP) is 2.64. The highest BCUT2D eigenvalue weighted by molar-refractivity contribution is 6.28. The number of carbonyl (C=O) groups excluding carboxylic acids is 1. The number of pyridine rings is 1. The lowest BCUT2D eigenvalue weighted by atomic mass is 10.1. The van der Waals surface area contributed by atoms with Gasteiger partial charge in [0, 0.05) is 5.39 Å². The van der Waals surface area contributed by atoms with E-state index in [0.717, 1.165) is 5.39 Å². The number of fused-ring (bicyclic) bond motifs is 1. The number of ether oxygens (including phenoxy) is 1. The normalized spacial score (nSPS) is 11.6. The second-order valence-corrected chi connectivity index (χ2v) is 4.26. The molecular weight excluding hydrogens is 278 g/mol. The van der Waals surface area contributed by atoms with Crippen molar-refractivity contribution in [3.8, 4) is 0 Å². The maximum atomic E-state index is 11.6. The summed E-state index contributed by atoms with van der Waals surface area (Å²) in [6.45, 7) is 2.07. The fourth-order valence-corrected chi connectivity index (χ4v) is 1.80. The molecule has 104 valence electrons. The number of hydrogen-bond acceptors (Lipinski definition) is 4. The highest BCUT2D eigenvalue weighted by atomic mass is 35.5. The van der Waals surface area contributed by atoms with Gasteiger partial charge in [-0.05, 0) is 31.2 Å². The van der Waals surface area contributed by atoms with Crippen molar-refractivity contribution < 1.29 is 9.53 Å². The number of amidine groups is 1. The van der Waals surface area contributed by atoms with Crippen LogP contribution in [0, 0.1) is 0 Å². The second kappa shape index (κ2) is 6.34. The number of alkyl halides is 1. The van der Waals surface area contributed by atoms with E-state index in [9.17, 15) is 4.79 Å². The van der Waals surface area contributed by atoms with Crippen molar-refractivity contribution in [1.29, 1.82) is 0 Å². The van der Waals surface area contributed by atoms with Gasteiger partial charge >= 0.3 is 5.97 Å². The van der Waals surface area contributed by atoms with Crippen molar-refractivity contribution in [1.82, 2.24) is 4.98 Å². The fourth-order valence-electron chi connectivity index (χ4n) is 1.74. The summed E-state index contributed by atoms with van der Waals surface area (Å²) in [4.78, 5) is 20.1. The molecule has 0 amide bonds. The van der Waals surface area contributed by atoms with Gasteiger partial charge in [-0.2, -0.15) is 0 Å². The summed E-state index contributed by atoms with van der Waals surface area (Å²) >= 11 is 5.62. The maximum Gasteiger partial charge on any atom is 0.356 e. The molecule has 0 aliphatic carbocycles. The topological polar surface area (TPSA) is 77.6 Å². The third-order valence-electron chi connectivity index (χ3n) is 2.59. The molecule has 20 heavy (non-hydrogen) atoms. The largest absolute Gasteiger partial charge is 0.461 e. The minimum absolute atomic E-state index is 0.157. The molecule has 0 saturated carbocycles. The number of rotatable bonds is 4. The van der Waals surface area contributed by atoms with Crippen LogP contribution in [0.5, 0.6) is 0 Å². The lowest BCUT2D eigenvalue weighted by molar-refractivity contribution is 0.0520. The van der Waals surface area contributed by atoms with Crippen LogP contribution in [0.4, 0.5) is 5.69 Å². The van der Waals surface area contributed by atoms with Gasteiger partial charge in [0.15, 0.2) is 0 Å². The highest BCUT2D eigenvalue weighted by Gasteiger charge is 2.10. The van der Waals surface area contributed by atoms with Crippen LogP contribution in [-0.4, -0.2) is 29.3 Å². The van der Waals surface area contributed by atoms with Crippen LogP contribution in [0.15, 0.2) is 35.3 Å². The summed E-state index contributed by atoms with van der Waals surface area (Å²) < 4.78 is 4.92. The molecule has 1 heterocycles. The number of nitrogens with zero attached hydrogens (tertiary/aromatic N) is 2. The number of aliphatic imine (C=N–C) groups is 1. The van der Waals surface area contributed by atoms with Gasteiger partial charge in [0.1, 0.15) is 11.5 Å². The first kappa shape index (κ1) is 14.3. The molecule has 0 aliphatic heterocycles. The van der Waals surface area contributed by atoms with Crippen LogP contribution < -0.4 is 5.73 Å². The molecule has 0 spiro atoms. The van der Waals surface area contributed by atoms with Gasteiger partial charge in [0.05, 0.1) is 23.7 Å². The Balaban J connectivity index is 2.48. The molecule has 0 bridgehead atoms. The van der Waals surface area contributed by atoms with E-state index in [-0.39, 0.29) is 11.6 Å². The van der Waals surface area contributed by atoms with Gasteiger partial charge < -0.3 is 10.5 Å². The van der Waals surface area contributed by atoms with E-state index >= 15 is 0 Å². The standard InChI is InChI=1S/C14H14ClN3O2/c1-2-20-14(19)12-7-6-9-10(17-12)4-3-5-11(9)18-13(16)8-15/h3-7H,2,8H2,1H3,(H2,16,18). The van der Waals surface area contributed by atoms with Crippen LogP contribution in [0.3, 0.4) is 0 Å². The monoisotopic (exact) mass is 291 g/mol. The third-order valence-corrected chi connectivity index (χ3v) is 2.87. The van der Waals surface area contributed by atoms with Gasteiger partial charge in [0.25, 0.3) is 0 Å². The molecule has 0 unspecified atom stereocenters. The molecular formula is C14H14ClN3O2. The van der Waals surface area contributed by atoms with E-state index in [0.29, 0.717) is 23.6 Å². The van der Waals surface area contributed by atoms with Crippen LogP contribution in [0.2, 0.25) is 0 Å². The van der Waals surface area contributed by atoms with E-state index in [1.54, 1.807) is 31.2 Å². The zero-order chi connectivity index (χ0) is 14.5. The molecule has 0 radical (unpaired) electrons. The van der Waals surface area contributed by atoms with E-state index in [1.165, 1.54) is 0 Å². The third kappa shape index (κ3) is 3.05. The van der Waals surface area contributed by atoms with Crippen molar-refractivity contribution in [2.45, 2.75) is 6.92 Å². The Morgan fingerprint density at radius 1 is 1.40 bits per heavy atom. The maximum absolute atomic E-state index is 11.6. The summed E-state index contributed by atoms with van der Waals surface area (Å²) in [5.41, 5.74) is 7.23. The zero-order valence-electron chi connectivity index (χ0n) is 11.0. The van der Waals surface area contributed by atoms with Gasteiger partial charge in [-0.3, -0.25) is 0 Å². The number of esters is 1. The van der Waals surface area contributed by atoms with Crippen LogP contribution >= 0.6 is 11.6 Å². The number of carbonyl (C=O) groups is 1. The SMILES string of the molecule is CCOC(=O)c1ccc2c(N=C(N)CCl)cccc2n1. The molecule has 6 heteroatoms. The van der Waals surface area contributed by atoms with Gasteiger partial charge in [-0.15, -0.1) is 11.6 Å². The lowest BCUT2D eigenvalue weighted by Crippen LogP contribution is -2.12. The van der Waals surface area contributed by atoms with E-state index < -0.39 is 5.97 Å². The van der Waals surface area contributed by atoms with Crippen LogP contribution in [0.25, 0.3) is 10.9 Å². The van der Waals surface area contributed by atoms with Crippen LogP contribution in [0.1, 0.15) is 17.4 Å². The van der Waals surface area contributed by atoms with Crippen molar-refractivity contribution >= 4 is 40.0 Å². The van der Waals surface area contributed by atoms with Crippen molar-refractivity contribution in [3.63, 3.8) is 0 Å². The molecule has 0 aliphatic rings. The first-order valence-electron chi connectivity index (χ1n) is 6.11. The van der Waals surface area contributed by atoms with Crippen LogP contribution in [-0.2, 0) is 4.74 Å². The number of hydrogen-bond donors (Lipinski definition) is 1. The highest BCUT2D eigenvalue weighted by Crippen LogP contribution is 2.25. The average Bonchev–Trinajstić information content (AvgIpc) is 2.47. The molecule has 1 aromatic carbocycles. The smallest absolute Gasteiger partial charge is 0.356 e. The molecule has 2 aromatic rings. The summed E-state index contributed by atoms with van der Waals surface area (Å²) in [6, 6.07) is 8.79. The zero-order valence-corrected chi connectivity index (χ0v) is 11.7. The fraction of sp³-hybridized carbons (Fsp3) is 0.214. The molecule has 2 N–H and O–H groups in total. The number of aromatic nitrogens is 1. The average molecular weight is 292 g/mol. The molecule has 0 fully saturated rings. The molecule has 5 nitrogen and oxygen atoms in total. The Hall–Kier alpha value is -2.14. The summed E-state index contributed by atoms with van der Waals surface area (Å²) in [5, 5.41) is 0.800. The Morgan fingerprint density at radius 2 is 2.20 bits per heavy atom. The number of benzene rings is 1. The van der Waals surface area contributed by atoms with Crippen molar-refractivity contribution in [3.05, 3.63) is 36.0 Å². The van der Waals surface area contributed by atoms with E-state index in [1.807, 2.05) is 6.07 Å². The Kier molecular flexibility index (Phi) is 4.53. The van der Waals surface area contributed by atoms with Gasteiger partial charge in [-0.25, -0.2) is 14.8 Å². The summed E-state index contributed by atoms with van der Waals surface area (Å²) in [5.74, 6) is 0.0438. The Morgan fingerprint density at radius 3 is 2.90 bits per heavy atom. The van der Waals surface area contributed by atoms with Crippen molar-refractivity contribution in [2.75, 3.05) is 12.5 Å². The quantitative estimate of drug-likeness (QED) is 0.406. The predicted molar refractivity (Wildman–Crippen MR) is 79.7 cm³/mol. The van der Waals surface area contributed by atoms with Gasteiger partial charge in [0.2, 0.25) is 0 Å². The molecule has 1 aromatic heterocycles. The minimum Gasteiger partial charge on any atom is -0.461 e. The first-order chi connectivity index (χ1) is 9.65. The van der Waals surface area contributed by atoms with Gasteiger partial charge in [-0.1, -0.05) is 6.07 Å². The van der Waals surface area contributed by atoms with Crippen molar-refractivity contribution in [2.24, 2.45) is 10.7 Å².